The molecule has 3 aromatic rings. The first kappa shape index (κ1) is 21.1. The lowest BCUT2D eigenvalue weighted by molar-refractivity contribution is 0.102. The van der Waals surface area contributed by atoms with Gasteiger partial charge in [-0.15, -0.1) is 0 Å². The van der Waals surface area contributed by atoms with Crippen LogP contribution in [0.15, 0.2) is 34.0 Å². The van der Waals surface area contributed by atoms with Gasteiger partial charge in [0, 0.05) is 20.3 Å². The summed E-state index contributed by atoms with van der Waals surface area (Å²) in [6.45, 7) is 1.99. The summed E-state index contributed by atoms with van der Waals surface area (Å²) in [4.78, 5) is 42.7. The Kier molecular flexibility index (Phi) is 5.91. The van der Waals surface area contributed by atoms with Crippen LogP contribution in [0.25, 0.3) is 11.0 Å². The second-order valence-electron chi connectivity index (χ2n) is 6.81. The Bertz CT molecular complexity index is 1240. The number of para-hydroxylation sites is 1. The average Bonchev–Trinajstić information content (AvgIpc) is 2.76. The lowest BCUT2D eigenvalue weighted by Gasteiger charge is -2.17. The highest BCUT2D eigenvalue weighted by Gasteiger charge is 2.22. The summed E-state index contributed by atoms with van der Waals surface area (Å²) in [5, 5.41) is 3.03. The molecular weight excluding hydrogens is 388 g/mol. The first-order valence-electron chi connectivity index (χ1n) is 9.45. The van der Waals surface area contributed by atoms with Gasteiger partial charge in [-0.2, -0.15) is 0 Å². The van der Waals surface area contributed by atoms with Crippen LogP contribution >= 0.6 is 0 Å². The molecule has 30 heavy (non-hydrogen) atoms. The Morgan fingerprint density at radius 1 is 1.13 bits per heavy atom. The molecule has 0 fully saturated rings. The number of hydrogen-bond acceptors (Lipinski definition) is 6. The lowest BCUT2D eigenvalue weighted by Crippen LogP contribution is -2.38. The standard InChI is InChI=1S/C21H24N4O5/c1-6-8-12-11-22-18-15(20(27)25(3)21(28)24(18)2)16(12)23-19(26)13-9-7-10-14(29-4)17(13)30-5/h7,9-11H,6,8H2,1-5H3,(H,22,23,26). The van der Waals surface area contributed by atoms with E-state index >= 15 is 0 Å². The van der Waals surface area contributed by atoms with Crippen LogP contribution < -0.4 is 26.0 Å². The van der Waals surface area contributed by atoms with Gasteiger partial charge in [-0.05, 0) is 24.1 Å². The Hall–Kier alpha value is -3.62. The molecule has 2 heterocycles. The average molecular weight is 412 g/mol. The number of anilines is 1. The third kappa shape index (κ3) is 3.42. The van der Waals surface area contributed by atoms with E-state index in [9.17, 15) is 14.4 Å². The molecule has 3 rings (SSSR count). The molecule has 0 bridgehead atoms. The number of ether oxygens (including phenoxy) is 2. The van der Waals surface area contributed by atoms with E-state index < -0.39 is 17.2 Å². The molecule has 158 valence electrons. The van der Waals surface area contributed by atoms with Crippen molar-refractivity contribution in [2.75, 3.05) is 19.5 Å². The second-order valence-corrected chi connectivity index (χ2v) is 6.81. The maximum Gasteiger partial charge on any atom is 0.332 e. The Labute approximate surface area is 172 Å². The zero-order chi connectivity index (χ0) is 22.0. The number of carbonyl (C=O) groups excluding carboxylic acids is 1. The predicted octanol–water partition coefficient (Wildman–Crippen LogP) is 1.85. The number of rotatable bonds is 6. The van der Waals surface area contributed by atoms with Crippen LogP contribution in [0.5, 0.6) is 11.5 Å². The maximum absolute atomic E-state index is 13.2. The topological polar surface area (TPSA) is 104 Å². The third-order valence-electron chi connectivity index (χ3n) is 4.95. The minimum absolute atomic E-state index is 0.181. The quantitative estimate of drug-likeness (QED) is 0.663. The highest BCUT2D eigenvalue weighted by atomic mass is 16.5. The van der Waals surface area contributed by atoms with Gasteiger partial charge in [0.25, 0.3) is 11.5 Å². The van der Waals surface area contributed by atoms with Crippen molar-refractivity contribution in [3.05, 3.63) is 56.4 Å². The van der Waals surface area contributed by atoms with Gasteiger partial charge in [-0.1, -0.05) is 19.4 Å². The van der Waals surface area contributed by atoms with Gasteiger partial charge < -0.3 is 14.8 Å². The Morgan fingerprint density at radius 2 is 1.87 bits per heavy atom. The zero-order valence-corrected chi connectivity index (χ0v) is 17.6. The van der Waals surface area contributed by atoms with E-state index in [1.165, 1.54) is 32.9 Å². The van der Waals surface area contributed by atoms with Crippen molar-refractivity contribution in [1.82, 2.24) is 14.1 Å². The zero-order valence-electron chi connectivity index (χ0n) is 17.6. The van der Waals surface area contributed by atoms with E-state index in [4.69, 9.17) is 9.47 Å². The van der Waals surface area contributed by atoms with Crippen LogP contribution in [0.4, 0.5) is 5.69 Å². The number of amides is 1. The smallest absolute Gasteiger partial charge is 0.332 e. The third-order valence-corrected chi connectivity index (χ3v) is 4.95. The molecule has 0 atom stereocenters. The van der Waals surface area contributed by atoms with Crippen molar-refractivity contribution < 1.29 is 14.3 Å². The number of fused-ring (bicyclic) bond motifs is 1. The fourth-order valence-electron chi connectivity index (χ4n) is 3.42. The number of benzene rings is 1. The number of nitrogens with one attached hydrogen (secondary N) is 1. The number of aromatic nitrogens is 3. The van der Waals surface area contributed by atoms with E-state index in [0.717, 1.165) is 11.0 Å². The summed E-state index contributed by atoms with van der Waals surface area (Å²) >= 11 is 0. The Balaban J connectivity index is 2.25. The summed E-state index contributed by atoms with van der Waals surface area (Å²) in [7, 11) is 5.87. The number of methoxy groups -OCH3 is 2. The van der Waals surface area contributed by atoms with Gasteiger partial charge in [0.15, 0.2) is 17.1 Å². The molecular formula is C21H24N4O5. The lowest BCUT2D eigenvalue weighted by atomic mass is 10.1. The molecule has 0 radical (unpaired) electrons. The largest absolute Gasteiger partial charge is 0.493 e. The van der Waals surface area contributed by atoms with Crippen LogP contribution in [-0.4, -0.2) is 34.2 Å². The fraction of sp³-hybridized carbons (Fsp3) is 0.333. The van der Waals surface area contributed by atoms with Gasteiger partial charge in [0.1, 0.15) is 5.39 Å². The first-order valence-corrected chi connectivity index (χ1v) is 9.45. The highest BCUT2D eigenvalue weighted by molar-refractivity contribution is 6.10. The normalized spacial score (nSPS) is 10.8. The molecule has 0 unspecified atom stereocenters. The molecule has 2 aromatic heterocycles. The summed E-state index contributed by atoms with van der Waals surface area (Å²) in [5.41, 5.74) is 0.493. The van der Waals surface area contributed by atoms with E-state index in [1.54, 1.807) is 24.4 Å². The van der Waals surface area contributed by atoms with Crippen LogP contribution in [0.2, 0.25) is 0 Å². The number of carbonyl (C=O) groups is 1. The molecule has 1 N–H and O–H groups in total. The SMILES string of the molecule is CCCc1cnc2c(c1NC(=O)c1cccc(OC)c1OC)c(=O)n(C)c(=O)n2C. The minimum Gasteiger partial charge on any atom is -0.493 e. The molecule has 0 aliphatic rings. The highest BCUT2D eigenvalue weighted by Crippen LogP contribution is 2.32. The van der Waals surface area contributed by atoms with E-state index in [1.807, 2.05) is 6.92 Å². The molecule has 9 heteroatoms. The van der Waals surface area contributed by atoms with E-state index in [0.29, 0.717) is 23.4 Å². The van der Waals surface area contributed by atoms with Crippen LogP contribution in [0.1, 0.15) is 29.3 Å². The summed E-state index contributed by atoms with van der Waals surface area (Å²) in [5.74, 6) is 0.233. The molecule has 1 amide bonds. The van der Waals surface area contributed by atoms with Gasteiger partial charge in [-0.25, -0.2) is 9.78 Å². The number of hydrogen-bond donors (Lipinski definition) is 1. The molecule has 0 aliphatic carbocycles. The monoisotopic (exact) mass is 412 g/mol. The van der Waals surface area contributed by atoms with E-state index in [2.05, 4.69) is 10.3 Å². The molecule has 0 aliphatic heterocycles. The van der Waals surface area contributed by atoms with Gasteiger partial charge in [0.2, 0.25) is 0 Å². The van der Waals surface area contributed by atoms with E-state index in [-0.39, 0.29) is 22.3 Å². The number of pyridine rings is 1. The first-order chi connectivity index (χ1) is 14.3. The van der Waals surface area contributed by atoms with Gasteiger partial charge in [0.05, 0.1) is 25.5 Å². The van der Waals surface area contributed by atoms with Crippen LogP contribution in [0.3, 0.4) is 0 Å². The van der Waals surface area contributed by atoms with Crippen LogP contribution in [-0.2, 0) is 20.5 Å². The van der Waals surface area contributed by atoms with Crippen molar-refractivity contribution in [3.63, 3.8) is 0 Å². The molecule has 0 spiro atoms. The molecule has 9 nitrogen and oxygen atoms in total. The predicted molar refractivity (Wildman–Crippen MR) is 114 cm³/mol. The maximum atomic E-state index is 13.2. The summed E-state index contributed by atoms with van der Waals surface area (Å²) in [6, 6.07) is 4.97. The van der Waals surface area contributed by atoms with Crippen molar-refractivity contribution in [2.45, 2.75) is 19.8 Å². The molecule has 0 saturated heterocycles. The van der Waals surface area contributed by atoms with Crippen molar-refractivity contribution in [3.8, 4) is 11.5 Å². The van der Waals surface area contributed by atoms with Crippen LogP contribution in [0, 0.1) is 0 Å². The number of nitrogens with zero attached hydrogens (tertiary/aromatic N) is 3. The Morgan fingerprint density at radius 3 is 2.50 bits per heavy atom. The minimum atomic E-state index is -0.522. The van der Waals surface area contributed by atoms with Crippen molar-refractivity contribution in [1.29, 1.82) is 0 Å². The fourth-order valence-corrected chi connectivity index (χ4v) is 3.42. The van der Waals surface area contributed by atoms with Gasteiger partial charge in [-0.3, -0.25) is 18.7 Å². The van der Waals surface area contributed by atoms with Gasteiger partial charge >= 0.3 is 5.69 Å². The van der Waals surface area contributed by atoms with Crippen molar-refractivity contribution in [2.24, 2.45) is 14.1 Å². The molecule has 0 saturated carbocycles. The molecule has 1 aromatic carbocycles. The van der Waals surface area contributed by atoms with Crippen molar-refractivity contribution >= 4 is 22.6 Å². The second kappa shape index (κ2) is 8.40. The number of aryl methyl sites for hydroxylation is 2. The summed E-state index contributed by atoms with van der Waals surface area (Å²) in [6.07, 6.45) is 2.97. The summed E-state index contributed by atoms with van der Waals surface area (Å²) < 4.78 is 12.9.